The molecule has 1 heterocycles. The summed E-state index contributed by atoms with van der Waals surface area (Å²) in [6.45, 7) is 0. The number of ether oxygens (including phenoxy) is 1. The Bertz CT molecular complexity index is 846. The molecule has 0 spiro atoms. The van der Waals surface area contributed by atoms with Crippen LogP contribution in [0.5, 0.6) is 5.75 Å². The number of rotatable bonds is 4. The zero-order valence-electron chi connectivity index (χ0n) is 11.8. The Hall–Kier alpha value is -2.91. The summed E-state index contributed by atoms with van der Waals surface area (Å²) in [6, 6.07) is 17.2. The van der Waals surface area contributed by atoms with Gasteiger partial charge in [-0.25, -0.2) is 4.98 Å². The molecule has 22 heavy (non-hydrogen) atoms. The van der Waals surface area contributed by atoms with Crippen LogP contribution < -0.4 is 10.2 Å². The van der Waals surface area contributed by atoms with Crippen molar-refractivity contribution in [1.82, 2.24) is 4.98 Å². The number of para-hydroxylation sites is 3. The van der Waals surface area contributed by atoms with Gasteiger partial charge in [0.05, 0.1) is 23.0 Å². The van der Waals surface area contributed by atoms with Gasteiger partial charge in [-0.3, -0.25) is 5.43 Å². The largest absolute Gasteiger partial charge is 0.495 e. The fourth-order valence-corrected chi connectivity index (χ4v) is 2.85. The number of aromatic nitrogens is 1. The highest BCUT2D eigenvalue weighted by Gasteiger charge is 2.10. The third-order valence-corrected chi connectivity index (χ3v) is 4.04. The third-order valence-electron chi connectivity index (χ3n) is 3.00. The average Bonchev–Trinajstić information content (AvgIpc) is 2.99. The smallest absolute Gasteiger partial charge is 0.196 e. The van der Waals surface area contributed by atoms with Crippen molar-refractivity contribution in [2.24, 2.45) is 5.10 Å². The number of hydrazone groups is 1. The van der Waals surface area contributed by atoms with E-state index >= 15 is 0 Å². The molecule has 1 N–H and O–H groups in total. The molecular formula is C16H12N4OS. The number of nitrogens with zero attached hydrogens (tertiary/aromatic N) is 3. The molecule has 0 radical (unpaired) electrons. The van der Waals surface area contributed by atoms with Gasteiger partial charge in [0.2, 0.25) is 0 Å². The van der Waals surface area contributed by atoms with Crippen molar-refractivity contribution in [3.63, 3.8) is 0 Å². The predicted octanol–water partition coefficient (Wildman–Crippen LogP) is 3.64. The maximum atomic E-state index is 9.32. The molecule has 0 saturated heterocycles. The molecule has 0 fully saturated rings. The van der Waals surface area contributed by atoms with E-state index in [1.54, 1.807) is 7.11 Å². The lowest BCUT2D eigenvalue weighted by Gasteiger charge is -2.06. The average molecular weight is 308 g/mol. The van der Waals surface area contributed by atoms with Gasteiger partial charge in [0.15, 0.2) is 10.7 Å². The minimum Gasteiger partial charge on any atom is -0.495 e. The van der Waals surface area contributed by atoms with Gasteiger partial charge in [0, 0.05) is 0 Å². The van der Waals surface area contributed by atoms with E-state index in [1.807, 2.05) is 48.5 Å². The predicted molar refractivity (Wildman–Crippen MR) is 88.4 cm³/mol. The van der Waals surface area contributed by atoms with Crippen LogP contribution in [0.15, 0.2) is 53.6 Å². The number of fused-ring (bicyclic) bond motifs is 1. The van der Waals surface area contributed by atoms with Crippen LogP contribution in [-0.2, 0) is 0 Å². The number of methoxy groups -OCH3 is 1. The molecule has 0 aliphatic heterocycles. The molecule has 0 atom stereocenters. The number of anilines is 1. The zero-order chi connectivity index (χ0) is 15.4. The highest BCUT2D eigenvalue weighted by molar-refractivity contribution is 7.20. The van der Waals surface area contributed by atoms with Gasteiger partial charge >= 0.3 is 0 Å². The Morgan fingerprint density at radius 2 is 2.00 bits per heavy atom. The monoisotopic (exact) mass is 308 g/mol. The quantitative estimate of drug-likeness (QED) is 0.590. The number of nitrogens with one attached hydrogen (secondary N) is 1. The van der Waals surface area contributed by atoms with E-state index in [2.05, 4.69) is 21.6 Å². The van der Waals surface area contributed by atoms with Crippen molar-refractivity contribution in [2.75, 3.05) is 12.5 Å². The normalized spacial score (nSPS) is 11.2. The summed E-state index contributed by atoms with van der Waals surface area (Å²) in [6.07, 6.45) is 0. The summed E-state index contributed by atoms with van der Waals surface area (Å²) in [7, 11) is 1.59. The molecule has 3 rings (SSSR count). The van der Waals surface area contributed by atoms with Gasteiger partial charge in [-0.05, 0) is 24.3 Å². The summed E-state index contributed by atoms with van der Waals surface area (Å²) in [4.78, 5) is 4.43. The van der Waals surface area contributed by atoms with Crippen molar-refractivity contribution in [3.8, 4) is 11.8 Å². The van der Waals surface area contributed by atoms with E-state index in [0.717, 1.165) is 10.2 Å². The minimum absolute atomic E-state index is 0.243. The van der Waals surface area contributed by atoms with Crippen LogP contribution in [0.1, 0.15) is 5.01 Å². The Morgan fingerprint density at radius 3 is 2.77 bits per heavy atom. The van der Waals surface area contributed by atoms with Crippen LogP contribution >= 0.6 is 11.3 Å². The van der Waals surface area contributed by atoms with Crippen LogP contribution in [0, 0.1) is 11.3 Å². The zero-order valence-corrected chi connectivity index (χ0v) is 12.6. The van der Waals surface area contributed by atoms with Gasteiger partial charge < -0.3 is 4.74 Å². The number of hydrogen-bond donors (Lipinski definition) is 1. The van der Waals surface area contributed by atoms with Crippen molar-refractivity contribution in [2.45, 2.75) is 0 Å². The van der Waals surface area contributed by atoms with E-state index < -0.39 is 0 Å². The molecule has 0 aliphatic carbocycles. The number of benzene rings is 2. The molecule has 3 aromatic rings. The second-order valence-corrected chi connectivity index (χ2v) is 5.40. The Balaban J connectivity index is 1.92. The van der Waals surface area contributed by atoms with Crippen LogP contribution in [0.4, 0.5) is 5.69 Å². The van der Waals surface area contributed by atoms with E-state index in [-0.39, 0.29) is 5.71 Å². The molecule has 0 unspecified atom stereocenters. The molecule has 0 aliphatic rings. The van der Waals surface area contributed by atoms with Gasteiger partial charge in [0.1, 0.15) is 11.8 Å². The molecule has 0 amide bonds. The lowest BCUT2D eigenvalue weighted by Crippen LogP contribution is -2.02. The Morgan fingerprint density at radius 1 is 1.23 bits per heavy atom. The minimum atomic E-state index is 0.243. The van der Waals surface area contributed by atoms with Crippen molar-refractivity contribution in [1.29, 1.82) is 5.26 Å². The SMILES string of the molecule is COc1ccccc1N/N=C(/C#N)c1nc2ccccc2s1. The molecule has 6 heteroatoms. The number of nitriles is 1. The summed E-state index contributed by atoms with van der Waals surface area (Å²) in [5.74, 6) is 0.660. The third kappa shape index (κ3) is 2.75. The lowest BCUT2D eigenvalue weighted by molar-refractivity contribution is 0.416. The van der Waals surface area contributed by atoms with Crippen LogP contribution in [0.3, 0.4) is 0 Å². The summed E-state index contributed by atoms with van der Waals surface area (Å²) in [5.41, 5.74) is 4.66. The first-order valence-corrected chi connectivity index (χ1v) is 7.36. The van der Waals surface area contributed by atoms with Crippen molar-refractivity contribution in [3.05, 3.63) is 53.5 Å². The van der Waals surface area contributed by atoms with Crippen LogP contribution in [0.2, 0.25) is 0 Å². The molecule has 0 bridgehead atoms. The fourth-order valence-electron chi connectivity index (χ4n) is 1.95. The molecule has 5 nitrogen and oxygen atoms in total. The summed E-state index contributed by atoms with van der Waals surface area (Å²) in [5, 5.41) is 14.1. The van der Waals surface area contributed by atoms with Crippen LogP contribution in [-0.4, -0.2) is 17.8 Å². The van der Waals surface area contributed by atoms with E-state index in [4.69, 9.17) is 4.74 Å². The molecular weight excluding hydrogens is 296 g/mol. The second kappa shape index (κ2) is 6.24. The first-order chi connectivity index (χ1) is 10.8. The van der Waals surface area contributed by atoms with E-state index in [1.165, 1.54) is 11.3 Å². The number of thiazole rings is 1. The van der Waals surface area contributed by atoms with Gasteiger partial charge in [-0.2, -0.15) is 10.4 Å². The second-order valence-electron chi connectivity index (χ2n) is 4.37. The molecule has 2 aromatic carbocycles. The highest BCUT2D eigenvalue weighted by atomic mass is 32.1. The van der Waals surface area contributed by atoms with Crippen molar-refractivity contribution >= 4 is 33.0 Å². The van der Waals surface area contributed by atoms with Gasteiger partial charge in [-0.1, -0.05) is 24.3 Å². The highest BCUT2D eigenvalue weighted by Crippen LogP contribution is 2.24. The summed E-state index contributed by atoms with van der Waals surface area (Å²) < 4.78 is 6.26. The van der Waals surface area contributed by atoms with Crippen molar-refractivity contribution < 1.29 is 4.74 Å². The first-order valence-electron chi connectivity index (χ1n) is 6.54. The van der Waals surface area contributed by atoms with Gasteiger partial charge in [-0.15, -0.1) is 11.3 Å². The lowest BCUT2D eigenvalue weighted by atomic mass is 10.3. The standard InChI is InChI=1S/C16H12N4OS/c1-21-14-8-4-2-6-11(14)19-20-13(10-17)16-18-12-7-3-5-9-15(12)22-16/h2-9,19H,1H3/b20-13-. The Kier molecular flexibility index (Phi) is 3.99. The maximum Gasteiger partial charge on any atom is 0.196 e. The van der Waals surface area contributed by atoms with E-state index in [9.17, 15) is 5.26 Å². The maximum absolute atomic E-state index is 9.32. The molecule has 1 aromatic heterocycles. The first kappa shape index (κ1) is 14.0. The Labute approximate surface area is 131 Å². The van der Waals surface area contributed by atoms with Crippen LogP contribution in [0.25, 0.3) is 10.2 Å². The van der Waals surface area contributed by atoms with E-state index in [0.29, 0.717) is 16.4 Å². The molecule has 0 saturated carbocycles. The number of hydrogen-bond acceptors (Lipinski definition) is 6. The van der Waals surface area contributed by atoms with Gasteiger partial charge in [0.25, 0.3) is 0 Å². The molecule has 108 valence electrons. The topological polar surface area (TPSA) is 70.3 Å². The summed E-state index contributed by atoms with van der Waals surface area (Å²) >= 11 is 1.44. The fraction of sp³-hybridized carbons (Fsp3) is 0.0625.